The van der Waals surface area contributed by atoms with E-state index in [1.807, 2.05) is 0 Å². The maximum atomic E-state index is 10.3. The van der Waals surface area contributed by atoms with E-state index in [1.165, 1.54) is 0 Å². The summed E-state index contributed by atoms with van der Waals surface area (Å²) in [6.45, 7) is 0. The van der Waals surface area contributed by atoms with Gasteiger partial charge in [-0.25, -0.2) is 4.98 Å². The first-order valence-electron chi connectivity index (χ1n) is 5.81. The lowest BCUT2D eigenvalue weighted by Gasteiger charge is -2.19. The number of nitrogens with zero attached hydrogens (tertiary/aromatic N) is 1. The Morgan fingerprint density at radius 1 is 1.26 bits per heavy atom. The van der Waals surface area contributed by atoms with E-state index < -0.39 is 12.1 Å². The van der Waals surface area contributed by atoms with Crippen molar-refractivity contribution in [1.82, 2.24) is 4.98 Å². The summed E-state index contributed by atoms with van der Waals surface area (Å²) in [5.74, 6) is 0.508. The molecule has 0 amide bonds. The third-order valence-corrected chi connectivity index (χ3v) is 3.12. The van der Waals surface area contributed by atoms with Crippen molar-refractivity contribution >= 4 is 11.6 Å². The van der Waals surface area contributed by atoms with Gasteiger partial charge in [0.25, 0.3) is 0 Å². The highest BCUT2D eigenvalue weighted by Crippen LogP contribution is 2.28. The Morgan fingerprint density at radius 3 is 2.63 bits per heavy atom. The lowest BCUT2D eigenvalue weighted by Crippen LogP contribution is -2.19. The van der Waals surface area contributed by atoms with E-state index in [0.717, 1.165) is 5.56 Å². The van der Waals surface area contributed by atoms with Gasteiger partial charge in [0.15, 0.2) is 0 Å². The van der Waals surface area contributed by atoms with Crippen LogP contribution in [0.2, 0.25) is 5.02 Å². The molecule has 0 radical (unpaired) electrons. The molecule has 0 spiro atoms. The summed E-state index contributed by atoms with van der Waals surface area (Å²) in [6.07, 6.45) is 0.756. The predicted octanol–water partition coefficient (Wildman–Crippen LogP) is 2.48. The van der Waals surface area contributed by atoms with Crippen molar-refractivity contribution in [3.8, 4) is 5.88 Å². The lowest BCUT2D eigenvalue weighted by atomic mass is 9.98. The van der Waals surface area contributed by atoms with Gasteiger partial charge in [-0.15, -0.1) is 0 Å². The summed E-state index contributed by atoms with van der Waals surface area (Å²) in [7, 11) is 1.54. The van der Waals surface area contributed by atoms with Crippen LogP contribution in [0.5, 0.6) is 5.88 Å². The first kappa shape index (κ1) is 13.8. The van der Waals surface area contributed by atoms with E-state index in [-0.39, 0.29) is 0 Å². The predicted molar refractivity (Wildman–Crippen MR) is 74.1 cm³/mol. The second-order valence-corrected chi connectivity index (χ2v) is 4.60. The molecule has 4 nitrogen and oxygen atoms in total. The number of hydrogen-bond acceptors (Lipinski definition) is 4. The van der Waals surface area contributed by atoms with Crippen molar-refractivity contribution in [2.75, 3.05) is 7.11 Å². The minimum absolute atomic E-state index is 0.508. The van der Waals surface area contributed by atoms with Gasteiger partial charge in [-0.2, -0.15) is 0 Å². The number of methoxy groups -OCH3 is 1. The smallest absolute Gasteiger partial charge is 0.212 e. The van der Waals surface area contributed by atoms with Crippen molar-refractivity contribution in [1.29, 1.82) is 0 Å². The van der Waals surface area contributed by atoms with E-state index in [9.17, 15) is 5.11 Å². The molecule has 2 rings (SSSR count). The van der Waals surface area contributed by atoms with Crippen molar-refractivity contribution in [2.24, 2.45) is 5.73 Å². The molecule has 3 N–H and O–H groups in total. The molecule has 100 valence electrons. The lowest BCUT2D eigenvalue weighted by molar-refractivity contribution is 0.147. The number of pyridine rings is 1. The second kappa shape index (κ2) is 6.02. The summed E-state index contributed by atoms with van der Waals surface area (Å²) in [4.78, 5) is 4.07. The topological polar surface area (TPSA) is 68.4 Å². The molecule has 5 heteroatoms. The number of nitrogens with two attached hydrogens (primary N) is 1. The maximum absolute atomic E-state index is 10.3. The minimum Gasteiger partial charge on any atom is -0.481 e. The SMILES string of the molecule is COc1ccc(C(N)C(O)c2cccc(Cl)c2)cn1. The van der Waals surface area contributed by atoms with Crippen LogP contribution in [0, 0.1) is 0 Å². The Balaban J connectivity index is 2.20. The van der Waals surface area contributed by atoms with Crippen LogP contribution in [-0.4, -0.2) is 17.2 Å². The fraction of sp³-hybridized carbons (Fsp3) is 0.214. The van der Waals surface area contributed by atoms with Crippen LogP contribution in [0.3, 0.4) is 0 Å². The van der Waals surface area contributed by atoms with Gasteiger partial charge in [-0.05, 0) is 23.3 Å². The fourth-order valence-electron chi connectivity index (χ4n) is 1.79. The number of hydrogen-bond donors (Lipinski definition) is 2. The summed E-state index contributed by atoms with van der Waals surface area (Å²) in [5.41, 5.74) is 7.44. The Kier molecular flexibility index (Phi) is 4.37. The van der Waals surface area contributed by atoms with Crippen LogP contribution in [-0.2, 0) is 0 Å². The monoisotopic (exact) mass is 278 g/mol. The van der Waals surface area contributed by atoms with Crippen LogP contribution in [0.15, 0.2) is 42.6 Å². The molecule has 1 aromatic carbocycles. The van der Waals surface area contributed by atoms with E-state index in [0.29, 0.717) is 16.5 Å². The highest BCUT2D eigenvalue weighted by Gasteiger charge is 2.19. The number of benzene rings is 1. The Hall–Kier alpha value is -1.62. The zero-order valence-electron chi connectivity index (χ0n) is 10.5. The molecule has 2 unspecified atom stereocenters. The van der Waals surface area contributed by atoms with Gasteiger partial charge in [-0.3, -0.25) is 0 Å². The van der Waals surface area contributed by atoms with Crippen LogP contribution in [0.4, 0.5) is 0 Å². The van der Waals surface area contributed by atoms with Crippen LogP contribution in [0.25, 0.3) is 0 Å². The third kappa shape index (κ3) is 3.23. The molecule has 0 saturated heterocycles. The quantitative estimate of drug-likeness (QED) is 0.901. The van der Waals surface area contributed by atoms with Gasteiger partial charge in [0.2, 0.25) is 5.88 Å². The standard InChI is InChI=1S/C14H15ClN2O2/c1-19-12-6-5-10(8-17-12)13(16)14(18)9-3-2-4-11(15)7-9/h2-8,13-14,18H,16H2,1H3. The molecule has 0 bridgehead atoms. The Morgan fingerprint density at radius 2 is 2.05 bits per heavy atom. The fourth-order valence-corrected chi connectivity index (χ4v) is 1.99. The van der Waals surface area contributed by atoms with E-state index in [4.69, 9.17) is 22.1 Å². The van der Waals surface area contributed by atoms with Gasteiger partial charge < -0.3 is 15.6 Å². The molecule has 1 heterocycles. The Labute approximate surface area is 116 Å². The average molecular weight is 279 g/mol. The summed E-state index contributed by atoms with van der Waals surface area (Å²) in [6, 6.07) is 9.93. The average Bonchev–Trinajstić information content (AvgIpc) is 2.46. The Bertz CT molecular complexity index is 545. The number of aliphatic hydroxyl groups excluding tert-OH is 1. The van der Waals surface area contributed by atoms with Crippen molar-refractivity contribution in [2.45, 2.75) is 12.1 Å². The van der Waals surface area contributed by atoms with E-state index >= 15 is 0 Å². The normalized spacial score (nSPS) is 13.9. The van der Waals surface area contributed by atoms with E-state index in [1.54, 1.807) is 49.7 Å². The van der Waals surface area contributed by atoms with Gasteiger partial charge in [0.05, 0.1) is 19.3 Å². The highest BCUT2D eigenvalue weighted by molar-refractivity contribution is 6.30. The zero-order valence-corrected chi connectivity index (χ0v) is 11.2. The van der Waals surface area contributed by atoms with E-state index in [2.05, 4.69) is 4.98 Å². The molecule has 0 aliphatic carbocycles. The number of ether oxygens (including phenoxy) is 1. The zero-order chi connectivity index (χ0) is 13.8. The maximum Gasteiger partial charge on any atom is 0.212 e. The molecule has 0 aliphatic rings. The first-order valence-corrected chi connectivity index (χ1v) is 6.18. The van der Waals surface area contributed by atoms with Crippen LogP contribution >= 0.6 is 11.6 Å². The number of aromatic nitrogens is 1. The van der Waals surface area contributed by atoms with Gasteiger partial charge in [0.1, 0.15) is 0 Å². The van der Waals surface area contributed by atoms with Crippen LogP contribution in [0.1, 0.15) is 23.3 Å². The van der Waals surface area contributed by atoms with Crippen LogP contribution < -0.4 is 10.5 Å². The molecule has 0 saturated carbocycles. The molecular formula is C14H15ClN2O2. The molecule has 0 fully saturated rings. The minimum atomic E-state index is -0.839. The van der Waals surface area contributed by atoms with Gasteiger partial charge >= 0.3 is 0 Å². The van der Waals surface area contributed by atoms with Crippen molar-refractivity contribution in [3.63, 3.8) is 0 Å². The molecule has 2 atom stereocenters. The molecule has 0 aliphatic heterocycles. The summed E-state index contributed by atoms with van der Waals surface area (Å²) >= 11 is 5.90. The first-order chi connectivity index (χ1) is 9.11. The summed E-state index contributed by atoms with van der Waals surface area (Å²) in [5, 5.41) is 10.8. The molecule has 2 aromatic rings. The highest BCUT2D eigenvalue weighted by atomic mass is 35.5. The largest absolute Gasteiger partial charge is 0.481 e. The van der Waals surface area contributed by atoms with Crippen molar-refractivity contribution < 1.29 is 9.84 Å². The molecule has 1 aromatic heterocycles. The second-order valence-electron chi connectivity index (χ2n) is 4.16. The van der Waals surface area contributed by atoms with Crippen molar-refractivity contribution in [3.05, 3.63) is 58.7 Å². The van der Waals surface area contributed by atoms with Gasteiger partial charge in [0, 0.05) is 17.3 Å². The molecule has 19 heavy (non-hydrogen) atoms. The number of rotatable bonds is 4. The molecular weight excluding hydrogens is 264 g/mol. The number of halogens is 1. The van der Waals surface area contributed by atoms with Gasteiger partial charge in [-0.1, -0.05) is 29.8 Å². The third-order valence-electron chi connectivity index (χ3n) is 2.88. The number of aliphatic hydroxyl groups is 1. The summed E-state index contributed by atoms with van der Waals surface area (Å²) < 4.78 is 4.98.